The minimum atomic E-state index is 0.895. The van der Waals surface area contributed by atoms with Crippen molar-refractivity contribution >= 4 is 68.0 Å². The molecular formula is C22H28N2S4. The second-order valence-electron chi connectivity index (χ2n) is 6.10. The Morgan fingerprint density at radius 2 is 1.04 bits per heavy atom. The van der Waals surface area contributed by atoms with E-state index in [0.717, 1.165) is 46.1 Å². The van der Waals surface area contributed by atoms with E-state index in [2.05, 4.69) is 72.2 Å². The lowest BCUT2D eigenvalue weighted by atomic mass is 10.3. The second kappa shape index (κ2) is 13.2. The molecule has 0 saturated heterocycles. The molecule has 2 aromatic carbocycles. The highest BCUT2D eigenvalue weighted by atomic mass is 32.2. The summed E-state index contributed by atoms with van der Waals surface area (Å²) in [5.74, 6) is 2.09. The van der Waals surface area contributed by atoms with Crippen molar-refractivity contribution in [1.29, 1.82) is 0 Å². The highest BCUT2D eigenvalue weighted by Crippen LogP contribution is 2.22. The van der Waals surface area contributed by atoms with Crippen LogP contribution >= 0.6 is 48.0 Å². The molecule has 0 radical (unpaired) electrons. The third-order valence-corrected chi connectivity index (χ3v) is 7.27. The minimum Gasteiger partial charge on any atom is -0.328 e. The maximum absolute atomic E-state index is 5.64. The number of benzene rings is 2. The maximum Gasteiger partial charge on any atom is 0.140 e. The lowest BCUT2D eigenvalue weighted by Crippen LogP contribution is -2.27. The SMILES string of the molecule is CCN(C(=S)SCCCCSC(=S)N(CC)c1ccccc1)c1ccccc1. The summed E-state index contributed by atoms with van der Waals surface area (Å²) in [5.41, 5.74) is 2.34. The molecule has 0 saturated carbocycles. The normalized spacial score (nSPS) is 10.5. The average Bonchev–Trinajstić information content (AvgIpc) is 2.73. The van der Waals surface area contributed by atoms with Gasteiger partial charge in [0.1, 0.15) is 8.64 Å². The van der Waals surface area contributed by atoms with Crippen LogP contribution in [0.4, 0.5) is 11.4 Å². The van der Waals surface area contributed by atoms with E-state index in [1.807, 2.05) is 12.1 Å². The Bertz CT molecular complexity index is 658. The first-order valence-corrected chi connectivity index (χ1v) is 12.4. The Balaban J connectivity index is 1.67. The number of thiocarbonyl (C=S) groups is 2. The first kappa shape index (κ1) is 23.2. The molecule has 0 amide bonds. The molecule has 0 aliphatic heterocycles. The van der Waals surface area contributed by atoms with Crippen molar-refractivity contribution < 1.29 is 0 Å². The molecule has 2 aromatic rings. The van der Waals surface area contributed by atoms with Gasteiger partial charge >= 0.3 is 0 Å². The minimum absolute atomic E-state index is 0.895. The van der Waals surface area contributed by atoms with Crippen molar-refractivity contribution in [2.75, 3.05) is 34.4 Å². The number of unbranched alkanes of at least 4 members (excludes halogenated alkanes) is 1. The van der Waals surface area contributed by atoms with Crippen molar-refractivity contribution in [3.63, 3.8) is 0 Å². The van der Waals surface area contributed by atoms with E-state index in [4.69, 9.17) is 24.4 Å². The van der Waals surface area contributed by atoms with Gasteiger partial charge in [-0.15, -0.1) is 0 Å². The Kier molecular flexibility index (Phi) is 10.9. The number of hydrogen-bond acceptors (Lipinski definition) is 4. The van der Waals surface area contributed by atoms with Gasteiger partial charge in [0.25, 0.3) is 0 Å². The third-order valence-electron chi connectivity index (χ3n) is 4.20. The predicted molar refractivity (Wildman–Crippen MR) is 138 cm³/mol. The molecule has 0 heterocycles. The van der Waals surface area contributed by atoms with Crippen LogP contribution in [0, 0.1) is 0 Å². The highest BCUT2D eigenvalue weighted by molar-refractivity contribution is 8.23. The summed E-state index contributed by atoms with van der Waals surface area (Å²) in [4.78, 5) is 4.39. The summed E-state index contributed by atoms with van der Waals surface area (Å²) in [6.45, 7) is 6.08. The van der Waals surface area contributed by atoms with Crippen molar-refractivity contribution in [3.8, 4) is 0 Å². The molecule has 28 heavy (non-hydrogen) atoms. The van der Waals surface area contributed by atoms with Crippen LogP contribution in [0.25, 0.3) is 0 Å². The van der Waals surface area contributed by atoms with E-state index >= 15 is 0 Å². The van der Waals surface area contributed by atoms with Crippen molar-refractivity contribution in [3.05, 3.63) is 60.7 Å². The van der Waals surface area contributed by atoms with Crippen LogP contribution in [0.5, 0.6) is 0 Å². The highest BCUT2D eigenvalue weighted by Gasteiger charge is 2.11. The van der Waals surface area contributed by atoms with Gasteiger partial charge in [0, 0.05) is 36.0 Å². The van der Waals surface area contributed by atoms with Gasteiger partial charge in [0.2, 0.25) is 0 Å². The van der Waals surface area contributed by atoms with Gasteiger partial charge < -0.3 is 9.80 Å². The third kappa shape index (κ3) is 7.39. The van der Waals surface area contributed by atoms with Crippen LogP contribution in [-0.4, -0.2) is 33.2 Å². The van der Waals surface area contributed by atoms with Crippen LogP contribution in [0.15, 0.2) is 60.7 Å². The van der Waals surface area contributed by atoms with Crippen molar-refractivity contribution in [1.82, 2.24) is 0 Å². The molecule has 0 aliphatic carbocycles. The Morgan fingerprint density at radius 1 is 0.679 bits per heavy atom. The molecule has 150 valence electrons. The number of rotatable bonds is 9. The predicted octanol–water partition coefficient (Wildman–Crippen LogP) is 6.86. The molecule has 2 nitrogen and oxygen atoms in total. The van der Waals surface area contributed by atoms with Crippen LogP contribution < -0.4 is 9.80 Å². The Hall–Kier alpha value is -1.08. The lowest BCUT2D eigenvalue weighted by Gasteiger charge is -2.23. The van der Waals surface area contributed by atoms with E-state index in [-0.39, 0.29) is 0 Å². The molecule has 6 heteroatoms. The molecule has 0 aliphatic rings. The van der Waals surface area contributed by atoms with E-state index < -0.39 is 0 Å². The summed E-state index contributed by atoms with van der Waals surface area (Å²) in [6.07, 6.45) is 2.29. The van der Waals surface area contributed by atoms with Crippen molar-refractivity contribution in [2.45, 2.75) is 26.7 Å². The molecule has 0 fully saturated rings. The molecule has 0 aromatic heterocycles. The van der Waals surface area contributed by atoms with Gasteiger partial charge in [-0.2, -0.15) is 0 Å². The van der Waals surface area contributed by atoms with Gasteiger partial charge in [0.05, 0.1) is 0 Å². The van der Waals surface area contributed by atoms with Crippen LogP contribution in [-0.2, 0) is 0 Å². The van der Waals surface area contributed by atoms with Gasteiger partial charge in [-0.25, -0.2) is 0 Å². The number of para-hydroxylation sites is 2. The number of nitrogens with zero attached hydrogens (tertiary/aromatic N) is 2. The van der Waals surface area contributed by atoms with Crippen LogP contribution in [0.3, 0.4) is 0 Å². The Morgan fingerprint density at radius 3 is 1.36 bits per heavy atom. The first-order chi connectivity index (χ1) is 13.7. The van der Waals surface area contributed by atoms with E-state index in [1.165, 1.54) is 11.4 Å². The number of anilines is 2. The molecule has 0 spiro atoms. The van der Waals surface area contributed by atoms with Crippen molar-refractivity contribution in [2.24, 2.45) is 0 Å². The Labute approximate surface area is 189 Å². The largest absolute Gasteiger partial charge is 0.328 e. The van der Waals surface area contributed by atoms with Crippen LogP contribution in [0.1, 0.15) is 26.7 Å². The summed E-state index contributed by atoms with van der Waals surface area (Å²) in [6, 6.07) is 20.7. The zero-order valence-corrected chi connectivity index (χ0v) is 19.8. The average molecular weight is 449 g/mol. The second-order valence-corrected chi connectivity index (χ2v) is 9.55. The maximum atomic E-state index is 5.64. The monoisotopic (exact) mass is 448 g/mol. The quantitative estimate of drug-likeness (QED) is 0.303. The zero-order chi connectivity index (χ0) is 20.2. The number of thioether (sulfide) groups is 2. The van der Waals surface area contributed by atoms with Gasteiger partial charge in [0.15, 0.2) is 0 Å². The fourth-order valence-electron chi connectivity index (χ4n) is 2.73. The van der Waals surface area contributed by atoms with E-state index in [1.54, 1.807) is 23.5 Å². The fourth-order valence-corrected chi connectivity index (χ4v) is 5.52. The lowest BCUT2D eigenvalue weighted by molar-refractivity contribution is 0.910. The molecule has 0 N–H and O–H groups in total. The first-order valence-electron chi connectivity index (χ1n) is 9.66. The topological polar surface area (TPSA) is 6.48 Å². The van der Waals surface area contributed by atoms with Gasteiger partial charge in [-0.3, -0.25) is 0 Å². The molecule has 0 unspecified atom stereocenters. The molecular weight excluding hydrogens is 421 g/mol. The standard InChI is InChI=1S/C22H28N2S4/c1-3-23(19-13-7-5-8-14-19)21(25)27-17-11-12-18-28-22(26)24(4-2)20-15-9-6-10-16-20/h5-10,13-16H,3-4,11-12,17-18H2,1-2H3. The van der Waals surface area contributed by atoms with E-state index in [0.29, 0.717) is 0 Å². The van der Waals surface area contributed by atoms with Crippen LogP contribution in [0.2, 0.25) is 0 Å². The zero-order valence-electron chi connectivity index (χ0n) is 16.5. The molecule has 2 rings (SSSR count). The summed E-state index contributed by atoms with van der Waals surface area (Å²) < 4.78 is 1.91. The summed E-state index contributed by atoms with van der Waals surface area (Å²) >= 11 is 14.8. The summed E-state index contributed by atoms with van der Waals surface area (Å²) in [7, 11) is 0. The molecule has 0 bridgehead atoms. The number of hydrogen-bond donors (Lipinski definition) is 0. The smallest absolute Gasteiger partial charge is 0.140 e. The summed E-state index contributed by atoms with van der Waals surface area (Å²) in [5, 5.41) is 0. The van der Waals surface area contributed by atoms with Gasteiger partial charge in [-0.05, 0) is 51.0 Å². The van der Waals surface area contributed by atoms with E-state index in [9.17, 15) is 0 Å². The van der Waals surface area contributed by atoms with Gasteiger partial charge in [-0.1, -0.05) is 84.4 Å². The fraction of sp³-hybridized carbons (Fsp3) is 0.364. The molecule has 0 atom stereocenters.